The van der Waals surface area contributed by atoms with Crippen molar-refractivity contribution >= 4 is 11.3 Å². The van der Waals surface area contributed by atoms with Crippen LogP contribution in [0.4, 0.5) is 13.2 Å². The van der Waals surface area contributed by atoms with Crippen molar-refractivity contribution in [2.75, 3.05) is 13.1 Å². The Morgan fingerprint density at radius 1 is 1.22 bits per heavy atom. The van der Waals surface area contributed by atoms with Crippen LogP contribution in [0.25, 0.3) is 0 Å². The zero-order chi connectivity index (χ0) is 19.0. The fraction of sp³-hybridized carbons (Fsp3) is 0.611. The Morgan fingerprint density at radius 2 is 2.00 bits per heavy atom. The molecule has 0 spiro atoms. The van der Waals surface area contributed by atoms with E-state index in [9.17, 15) is 18.0 Å². The molecule has 1 fully saturated rings. The van der Waals surface area contributed by atoms with Gasteiger partial charge in [0, 0.05) is 17.5 Å². The van der Waals surface area contributed by atoms with Crippen molar-refractivity contribution in [1.82, 2.24) is 19.4 Å². The van der Waals surface area contributed by atoms with Crippen LogP contribution in [0, 0.1) is 5.92 Å². The smallest absolute Gasteiger partial charge is 0.299 e. The van der Waals surface area contributed by atoms with E-state index in [4.69, 9.17) is 4.98 Å². The van der Waals surface area contributed by atoms with Crippen LogP contribution in [0.5, 0.6) is 0 Å². The maximum absolute atomic E-state index is 12.6. The third-order valence-electron chi connectivity index (χ3n) is 5.33. The molecule has 0 radical (unpaired) electrons. The van der Waals surface area contributed by atoms with Gasteiger partial charge < -0.3 is 0 Å². The molecule has 2 aliphatic rings. The molecule has 146 valence electrons. The SMILES string of the molecule is O=c1cc(C(F)(F)F)ncn1CC1CCN(Cc2nc3c(s2)CCC3)CC1. The number of piperidine rings is 1. The molecule has 0 N–H and O–H groups in total. The van der Waals surface area contributed by atoms with Crippen molar-refractivity contribution in [1.29, 1.82) is 0 Å². The lowest BCUT2D eigenvalue weighted by molar-refractivity contribution is -0.141. The number of fused-ring (bicyclic) bond motifs is 1. The Balaban J connectivity index is 1.31. The third kappa shape index (κ3) is 4.24. The molecular weight excluding hydrogens is 377 g/mol. The van der Waals surface area contributed by atoms with Gasteiger partial charge in [-0.25, -0.2) is 9.97 Å². The van der Waals surface area contributed by atoms with Crippen LogP contribution in [-0.2, 0) is 32.1 Å². The van der Waals surface area contributed by atoms with Gasteiger partial charge in [-0.3, -0.25) is 14.3 Å². The Bertz CT molecular complexity index is 847. The average Bonchev–Trinajstić information content (AvgIpc) is 3.19. The first kappa shape index (κ1) is 18.6. The van der Waals surface area contributed by atoms with Gasteiger partial charge >= 0.3 is 6.18 Å². The molecule has 2 aromatic rings. The zero-order valence-corrected chi connectivity index (χ0v) is 15.7. The molecule has 1 saturated heterocycles. The molecule has 0 unspecified atom stereocenters. The summed E-state index contributed by atoms with van der Waals surface area (Å²) in [6.07, 6.45) is 1.75. The Hall–Kier alpha value is -1.74. The standard InChI is InChI=1S/C18H21F3N4OS/c19-18(20,21)15-8-17(26)25(11-22-15)9-12-4-6-24(7-5-12)10-16-23-13-2-1-3-14(13)27-16/h8,11-12H,1-7,9-10H2. The van der Waals surface area contributed by atoms with E-state index in [0.29, 0.717) is 12.6 Å². The minimum absolute atomic E-state index is 0.277. The number of rotatable bonds is 4. The fourth-order valence-electron chi connectivity index (χ4n) is 3.83. The normalized spacial score (nSPS) is 18.8. The van der Waals surface area contributed by atoms with Gasteiger partial charge in [0.05, 0.1) is 18.6 Å². The molecule has 1 aliphatic carbocycles. The third-order valence-corrected chi connectivity index (χ3v) is 6.47. The number of likely N-dealkylation sites (tertiary alicyclic amines) is 1. The van der Waals surface area contributed by atoms with Crippen molar-refractivity contribution in [3.63, 3.8) is 0 Å². The van der Waals surface area contributed by atoms with Gasteiger partial charge in [0.15, 0.2) is 5.69 Å². The van der Waals surface area contributed by atoms with Crippen LogP contribution in [0.1, 0.15) is 40.5 Å². The highest BCUT2D eigenvalue weighted by Gasteiger charge is 2.33. The number of thiazole rings is 1. The van der Waals surface area contributed by atoms with Gasteiger partial charge in [-0.2, -0.15) is 13.2 Å². The van der Waals surface area contributed by atoms with E-state index < -0.39 is 17.4 Å². The molecule has 2 aromatic heterocycles. The summed E-state index contributed by atoms with van der Waals surface area (Å²) in [6, 6.07) is 0.580. The number of nitrogens with zero attached hydrogens (tertiary/aromatic N) is 4. The van der Waals surface area contributed by atoms with E-state index in [2.05, 4.69) is 9.88 Å². The lowest BCUT2D eigenvalue weighted by Gasteiger charge is -2.31. The first-order valence-corrected chi connectivity index (χ1v) is 10.0. The second-order valence-electron chi connectivity index (χ2n) is 7.31. The summed E-state index contributed by atoms with van der Waals surface area (Å²) in [5.74, 6) is 0.277. The van der Waals surface area contributed by atoms with E-state index in [1.807, 2.05) is 11.3 Å². The van der Waals surface area contributed by atoms with Gasteiger partial charge in [-0.1, -0.05) is 0 Å². The lowest BCUT2D eigenvalue weighted by Crippen LogP contribution is -2.36. The summed E-state index contributed by atoms with van der Waals surface area (Å²) in [7, 11) is 0. The highest BCUT2D eigenvalue weighted by Crippen LogP contribution is 2.29. The van der Waals surface area contributed by atoms with Gasteiger partial charge in [-0.05, 0) is 51.1 Å². The van der Waals surface area contributed by atoms with Crippen molar-refractivity contribution in [3.8, 4) is 0 Å². The predicted molar refractivity (Wildman–Crippen MR) is 95.6 cm³/mol. The Kier molecular flexibility index (Phi) is 5.07. The van der Waals surface area contributed by atoms with Crippen LogP contribution in [0.3, 0.4) is 0 Å². The minimum Gasteiger partial charge on any atom is -0.299 e. The van der Waals surface area contributed by atoms with Crippen molar-refractivity contribution in [2.24, 2.45) is 5.92 Å². The monoisotopic (exact) mass is 398 g/mol. The van der Waals surface area contributed by atoms with Crippen molar-refractivity contribution < 1.29 is 13.2 Å². The summed E-state index contributed by atoms with van der Waals surface area (Å²) in [4.78, 5) is 23.9. The molecule has 0 bridgehead atoms. The molecule has 0 atom stereocenters. The van der Waals surface area contributed by atoms with E-state index in [1.54, 1.807) is 0 Å². The van der Waals surface area contributed by atoms with Gasteiger partial charge in [0.1, 0.15) is 5.01 Å². The Morgan fingerprint density at radius 3 is 2.67 bits per heavy atom. The molecule has 3 heterocycles. The summed E-state index contributed by atoms with van der Waals surface area (Å²) in [5.41, 5.74) is -0.495. The molecule has 0 aromatic carbocycles. The summed E-state index contributed by atoms with van der Waals surface area (Å²) >= 11 is 1.83. The predicted octanol–water partition coefficient (Wildman–Crippen LogP) is 3.12. The number of alkyl halides is 3. The first-order valence-electron chi connectivity index (χ1n) is 9.22. The molecule has 1 aliphatic heterocycles. The van der Waals surface area contributed by atoms with Gasteiger partial charge in [0.25, 0.3) is 5.56 Å². The van der Waals surface area contributed by atoms with Gasteiger partial charge in [-0.15, -0.1) is 11.3 Å². The topological polar surface area (TPSA) is 51.0 Å². The average molecular weight is 398 g/mol. The second-order valence-corrected chi connectivity index (χ2v) is 8.48. The van der Waals surface area contributed by atoms with Gasteiger partial charge in [0.2, 0.25) is 0 Å². The van der Waals surface area contributed by atoms with Crippen molar-refractivity contribution in [3.05, 3.63) is 44.0 Å². The summed E-state index contributed by atoms with van der Waals surface area (Å²) in [6.45, 7) is 3.12. The molecule has 0 amide bonds. The molecule has 4 rings (SSSR count). The van der Waals surface area contributed by atoms with E-state index in [-0.39, 0.29) is 5.92 Å². The molecule has 5 nitrogen and oxygen atoms in total. The largest absolute Gasteiger partial charge is 0.433 e. The van der Waals surface area contributed by atoms with Crippen LogP contribution in [-0.4, -0.2) is 32.5 Å². The number of hydrogen-bond donors (Lipinski definition) is 0. The number of hydrogen-bond acceptors (Lipinski definition) is 5. The van der Waals surface area contributed by atoms with Crippen LogP contribution >= 0.6 is 11.3 Å². The van der Waals surface area contributed by atoms with Crippen LogP contribution in [0.2, 0.25) is 0 Å². The first-order chi connectivity index (χ1) is 12.9. The van der Waals surface area contributed by atoms with Crippen LogP contribution < -0.4 is 5.56 Å². The fourth-order valence-corrected chi connectivity index (χ4v) is 5.03. The van der Waals surface area contributed by atoms with Crippen molar-refractivity contribution in [2.45, 2.75) is 51.4 Å². The number of halogens is 3. The van der Waals surface area contributed by atoms with Crippen LogP contribution in [0.15, 0.2) is 17.2 Å². The highest BCUT2D eigenvalue weighted by atomic mass is 32.1. The van der Waals surface area contributed by atoms with E-state index in [0.717, 1.165) is 51.6 Å². The summed E-state index contributed by atoms with van der Waals surface area (Å²) < 4.78 is 39.1. The zero-order valence-electron chi connectivity index (χ0n) is 14.8. The number of aryl methyl sites for hydroxylation is 2. The second kappa shape index (κ2) is 7.35. The van der Waals surface area contributed by atoms with E-state index in [1.165, 1.54) is 26.6 Å². The molecular formula is C18H21F3N4OS. The molecule has 0 saturated carbocycles. The molecule has 9 heteroatoms. The quantitative estimate of drug-likeness (QED) is 0.794. The minimum atomic E-state index is -4.58. The highest BCUT2D eigenvalue weighted by molar-refractivity contribution is 7.11. The Labute approximate surface area is 158 Å². The molecule has 27 heavy (non-hydrogen) atoms. The number of aromatic nitrogens is 3. The maximum atomic E-state index is 12.6. The maximum Gasteiger partial charge on any atom is 0.433 e. The summed E-state index contributed by atoms with van der Waals surface area (Å²) in [5, 5.41) is 1.18. The van der Waals surface area contributed by atoms with E-state index >= 15 is 0 Å². The lowest BCUT2D eigenvalue weighted by atomic mass is 9.97.